The van der Waals surface area contributed by atoms with Crippen LogP contribution in [0.1, 0.15) is 98.4 Å². The van der Waals surface area contributed by atoms with Gasteiger partial charge >= 0.3 is 6.09 Å². The van der Waals surface area contributed by atoms with Gasteiger partial charge in [-0.15, -0.1) is 0 Å². The van der Waals surface area contributed by atoms with E-state index >= 15 is 0 Å². The number of H-pyrrole nitrogens is 2. The Balaban J connectivity index is 1.11. The summed E-state index contributed by atoms with van der Waals surface area (Å²) in [5.74, 6) is 1.46. The molecule has 280 valence electrons. The lowest BCUT2D eigenvalue weighted by molar-refractivity contribution is -0.134. The number of benzene rings is 3. The normalized spacial score (nSPS) is 14.1. The summed E-state index contributed by atoms with van der Waals surface area (Å²) in [6, 6.07) is 16.9. The molecular weight excluding hydrogens is 679 g/mol. The van der Waals surface area contributed by atoms with Gasteiger partial charge in [-0.3, -0.25) is 9.59 Å². The highest BCUT2D eigenvalue weighted by atomic mass is 16.5. The Morgan fingerprint density at radius 3 is 1.80 bits per heavy atom. The third-order valence-electron chi connectivity index (χ3n) is 10.5. The standard InChI is InChI=1S/C43H49N7O4/c1-5-21-49(38(51)7-3)25-36-44-34-19-15-30-23-28(13-17-32(30)40(34)46-36)29-14-18-33-31(24-29)16-20-35-41(33)47-37(45-35)26-50(22-6-2)42(52)39(48-43(53)54-4)27-11-9-8-10-12-27/h8-12,15-16,19-20,23-24,39H,5-7,13-14,17-18,21-22,25-26H2,1-4H3,(H,44,46)(H,45,47)(H,48,53). The van der Waals surface area contributed by atoms with Crippen molar-refractivity contribution >= 4 is 52.1 Å². The lowest BCUT2D eigenvalue weighted by Crippen LogP contribution is -2.43. The predicted molar refractivity (Wildman–Crippen MR) is 211 cm³/mol. The molecular formula is C43H49N7O4. The van der Waals surface area contributed by atoms with Gasteiger partial charge in [-0.25, -0.2) is 14.8 Å². The molecule has 1 unspecified atom stereocenters. The van der Waals surface area contributed by atoms with Gasteiger partial charge in [-0.05, 0) is 89.6 Å². The number of aromatic amines is 2. The van der Waals surface area contributed by atoms with E-state index in [1.807, 2.05) is 49.1 Å². The molecule has 0 radical (unpaired) electrons. The van der Waals surface area contributed by atoms with Crippen LogP contribution in [0.2, 0.25) is 0 Å². The smallest absolute Gasteiger partial charge is 0.407 e. The number of carbonyl (C=O) groups excluding carboxylic acids is 3. The van der Waals surface area contributed by atoms with Crippen LogP contribution in [0.3, 0.4) is 0 Å². The van der Waals surface area contributed by atoms with Gasteiger partial charge in [0.2, 0.25) is 11.8 Å². The monoisotopic (exact) mass is 727 g/mol. The molecule has 0 bridgehead atoms. The van der Waals surface area contributed by atoms with Crippen molar-refractivity contribution in [1.29, 1.82) is 0 Å². The van der Waals surface area contributed by atoms with Crippen LogP contribution < -0.4 is 5.32 Å². The zero-order valence-electron chi connectivity index (χ0n) is 31.6. The molecule has 2 aliphatic rings. The quantitative estimate of drug-likeness (QED) is 0.113. The number of amides is 3. The number of aromatic nitrogens is 4. The van der Waals surface area contributed by atoms with Crippen molar-refractivity contribution in [2.45, 2.75) is 84.8 Å². The van der Waals surface area contributed by atoms with E-state index in [1.165, 1.54) is 40.5 Å². The van der Waals surface area contributed by atoms with Crippen LogP contribution in [-0.2, 0) is 40.3 Å². The van der Waals surface area contributed by atoms with Crippen LogP contribution in [0.5, 0.6) is 0 Å². The van der Waals surface area contributed by atoms with E-state index in [9.17, 15) is 14.4 Å². The topological polar surface area (TPSA) is 136 Å². The number of aryl methyl sites for hydroxylation is 2. The molecule has 54 heavy (non-hydrogen) atoms. The first-order chi connectivity index (χ1) is 26.3. The number of alkyl carbamates (subject to hydrolysis) is 1. The Morgan fingerprint density at radius 2 is 1.28 bits per heavy atom. The molecule has 3 aromatic carbocycles. The molecule has 1 atom stereocenters. The number of nitrogens with one attached hydrogen (secondary N) is 3. The van der Waals surface area contributed by atoms with Crippen molar-refractivity contribution in [2.75, 3.05) is 20.2 Å². The number of methoxy groups -OCH3 is 1. The Labute approximate surface area is 315 Å². The highest BCUT2D eigenvalue weighted by Crippen LogP contribution is 2.38. The number of allylic oxidation sites excluding steroid dienone is 2. The SMILES string of the molecule is CCCN(Cc1nc2c3c(ccc2[nH]1)C=C(C1=Cc2ccc4[nH]c(CN(CCC)C(=O)C(NC(=O)OC)c5ccccc5)nc4c2CC1)CC3)C(=O)CC. The number of rotatable bonds is 13. The third kappa shape index (κ3) is 7.53. The average molecular weight is 728 g/mol. The third-order valence-corrected chi connectivity index (χ3v) is 10.5. The Hall–Kier alpha value is -5.71. The molecule has 7 rings (SSSR count). The number of fused-ring (bicyclic) bond motifs is 6. The summed E-state index contributed by atoms with van der Waals surface area (Å²) in [5.41, 5.74) is 12.2. The highest BCUT2D eigenvalue weighted by molar-refractivity contribution is 5.89. The van der Waals surface area contributed by atoms with Crippen molar-refractivity contribution in [2.24, 2.45) is 0 Å². The summed E-state index contributed by atoms with van der Waals surface area (Å²) in [7, 11) is 1.29. The van der Waals surface area contributed by atoms with Gasteiger partial charge in [0.25, 0.3) is 0 Å². The number of imidazole rings is 2. The summed E-state index contributed by atoms with van der Waals surface area (Å²) >= 11 is 0. The van der Waals surface area contributed by atoms with Crippen LogP contribution in [0, 0.1) is 0 Å². The maximum absolute atomic E-state index is 13.9. The second-order valence-corrected chi connectivity index (χ2v) is 14.2. The zero-order chi connectivity index (χ0) is 37.8. The summed E-state index contributed by atoms with van der Waals surface area (Å²) in [6.07, 6.45) is 9.78. The first-order valence-corrected chi connectivity index (χ1v) is 19.2. The molecule has 11 nitrogen and oxygen atoms in total. The van der Waals surface area contributed by atoms with Gasteiger partial charge in [0.05, 0.1) is 42.3 Å². The minimum atomic E-state index is -0.881. The lowest BCUT2D eigenvalue weighted by atomic mass is 9.82. The molecule has 2 aromatic heterocycles. The lowest BCUT2D eigenvalue weighted by Gasteiger charge is -2.27. The van der Waals surface area contributed by atoms with Crippen LogP contribution in [0.15, 0.2) is 65.7 Å². The van der Waals surface area contributed by atoms with Crippen molar-refractivity contribution in [3.8, 4) is 0 Å². The minimum absolute atomic E-state index is 0.150. The van der Waals surface area contributed by atoms with Crippen LogP contribution in [0.4, 0.5) is 4.79 Å². The molecule has 0 aliphatic heterocycles. The first-order valence-electron chi connectivity index (χ1n) is 19.2. The number of hydrogen-bond acceptors (Lipinski definition) is 6. The molecule has 3 amide bonds. The van der Waals surface area contributed by atoms with E-state index in [1.54, 1.807) is 4.90 Å². The molecule has 0 saturated heterocycles. The molecule has 0 fully saturated rings. The summed E-state index contributed by atoms with van der Waals surface area (Å²) in [6.45, 7) is 8.05. The molecule has 0 spiro atoms. The fourth-order valence-corrected chi connectivity index (χ4v) is 7.87. The Kier molecular flexibility index (Phi) is 10.9. The molecule has 2 heterocycles. The Morgan fingerprint density at radius 1 is 0.741 bits per heavy atom. The van der Waals surface area contributed by atoms with E-state index < -0.39 is 12.1 Å². The zero-order valence-corrected chi connectivity index (χ0v) is 31.6. The van der Waals surface area contributed by atoms with E-state index in [4.69, 9.17) is 14.7 Å². The largest absolute Gasteiger partial charge is 0.453 e. The fourth-order valence-electron chi connectivity index (χ4n) is 7.87. The fraction of sp³-hybridized carbons (Fsp3) is 0.372. The van der Waals surface area contributed by atoms with E-state index in [2.05, 4.69) is 58.6 Å². The molecule has 11 heteroatoms. The maximum atomic E-state index is 13.9. The van der Waals surface area contributed by atoms with Gasteiger partial charge in [0.1, 0.15) is 17.7 Å². The molecule has 5 aromatic rings. The van der Waals surface area contributed by atoms with Crippen LogP contribution >= 0.6 is 0 Å². The van der Waals surface area contributed by atoms with Crippen LogP contribution in [0.25, 0.3) is 34.2 Å². The highest BCUT2D eigenvalue weighted by Gasteiger charge is 2.29. The maximum Gasteiger partial charge on any atom is 0.407 e. The predicted octanol–water partition coefficient (Wildman–Crippen LogP) is 7.78. The molecule has 0 saturated carbocycles. The average Bonchev–Trinajstić information content (AvgIpc) is 3.82. The number of carbonyl (C=O) groups is 3. The van der Waals surface area contributed by atoms with Gasteiger partial charge in [-0.1, -0.05) is 75.4 Å². The minimum Gasteiger partial charge on any atom is -0.453 e. The summed E-state index contributed by atoms with van der Waals surface area (Å²) < 4.78 is 4.85. The van der Waals surface area contributed by atoms with Crippen molar-refractivity contribution in [3.05, 3.63) is 105 Å². The summed E-state index contributed by atoms with van der Waals surface area (Å²) in [4.78, 5) is 59.3. The number of nitrogens with zero attached hydrogens (tertiary/aromatic N) is 4. The molecule has 2 aliphatic carbocycles. The first kappa shape index (κ1) is 36.6. The second kappa shape index (κ2) is 16.1. The van der Waals surface area contributed by atoms with Crippen molar-refractivity contribution in [1.82, 2.24) is 35.1 Å². The number of hydrogen-bond donors (Lipinski definition) is 3. The van der Waals surface area contributed by atoms with Crippen LogP contribution in [-0.4, -0.2) is 67.8 Å². The van der Waals surface area contributed by atoms with Crippen molar-refractivity contribution < 1.29 is 19.1 Å². The van der Waals surface area contributed by atoms with Gasteiger partial charge < -0.3 is 29.8 Å². The van der Waals surface area contributed by atoms with E-state index in [-0.39, 0.29) is 18.4 Å². The summed E-state index contributed by atoms with van der Waals surface area (Å²) in [5, 5.41) is 2.72. The van der Waals surface area contributed by atoms with Gasteiger partial charge in [0.15, 0.2) is 0 Å². The number of ether oxygens (including phenoxy) is 1. The van der Waals surface area contributed by atoms with Crippen molar-refractivity contribution in [3.63, 3.8) is 0 Å². The van der Waals surface area contributed by atoms with E-state index in [0.29, 0.717) is 30.9 Å². The molecule has 3 N–H and O–H groups in total. The van der Waals surface area contributed by atoms with E-state index in [0.717, 1.165) is 73.0 Å². The van der Waals surface area contributed by atoms with Gasteiger partial charge in [-0.2, -0.15) is 0 Å². The second-order valence-electron chi connectivity index (χ2n) is 14.2. The van der Waals surface area contributed by atoms with Gasteiger partial charge in [0, 0.05) is 19.5 Å². The Bertz CT molecular complexity index is 2250.